The van der Waals surface area contributed by atoms with Crippen LogP contribution in [0.2, 0.25) is 0 Å². The van der Waals surface area contributed by atoms with Crippen LogP contribution in [0.5, 0.6) is 0 Å². The average molecular weight is 305 g/mol. The summed E-state index contributed by atoms with van der Waals surface area (Å²) in [6.07, 6.45) is 4.04. The topological polar surface area (TPSA) is 50.4 Å². The van der Waals surface area contributed by atoms with Crippen molar-refractivity contribution in [3.63, 3.8) is 0 Å². The number of hydrogen-bond donors (Lipinski definition) is 2. The zero-order valence-electron chi connectivity index (χ0n) is 12.9. The Kier molecular flexibility index (Phi) is 6.76. The third-order valence-corrected chi connectivity index (χ3v) is 4.47. The van der Waals surface area contributed by atoms with E-state index < -0.39 is 0 Å². The Bertz CT molecular complexity index is 317. The van der Waals surface area contributed by atoms with Crippen LogP contribution in [0.15, 0.2) is 0 Å². The van der Waals surface area contributed by atoms with Gasteiger partial charge in [0.1, 0.15) is 0 Å². The van der Waals surface area contributed by atoms with Gasteiger partial charge in [0.05, 0.1) is 13.2 Å². The predicted molar refractivity (Wildman–Crippen MR) is 83.2 cm³/mol. The third kappa shape index (κ3) is 5.23. The van der Waals surface area contributed by atoms with Crippen LogP contribution in [0.1, 0.15) is 46.5 Å². The summed E-state index contributed by atoms with van der Waals surface area (Å²) in [5.41, 5.74) is 0.430. The summed E-state index contributed by atoms with van der Waals surface area (Å²) < 4.78 is 5.38. The van der Waals surface area contributed by atoms with Crippen LogP contribution in [0, 0.1) is 11.3 Å². The lowest BCUT2D eigenvalue weighted by Gasteiger charge is -2.39. The number of morpholine rings is 1. The summed E-state index contributed by atoms with van der Waals surface area (Å²) in [4.78, 5) is 12.1. The normalized spacial score (nSPS) is 33.0. The van der Waals surface area contributed by atoms with E-state index >= 15 is 0 Å². The maximum atomic E-state index is 12.1. The van der Waals surface area contributed by atoms with Crippen molar-refractivity contribution >= 4 is 18.3 Å². The second-order valence-corrected chi connectivity index (χ2v) is 6.99. The number of amides is 1. The fourth-order valence-electron chi connectivity index (χ4n) is 3.40. The van der Waals surface area contributed by atoms with Crippen LogP contribution in [0.3, 0.4) is 0 Å². The van der Waals surface area contributed by atoms with Gasteiger partial charge in [0.25, 0.3) is 0 Å². The average Bonchev–Trinajstić information content (AvgIpc) is 2.33. The Labute approximate surface area is 128 Å². The number of ether oxygens (including phenoxy) is 1. The van der Waals surface area contributed by atoms with E-state index in [0.717, 1.165) is 19.6 Å². The molecule has 118 valence electrons. The molecule has 1 saturated heterocycles. The highest BCUT2D eigenvalue weighted by atomic mass is 35.5. The van der Waals surface area contributed by atoms with Crippen molar-refractivity contribution in [2.45, 2.75) is 58.5 Å². The fourth-order valence-corrected chi connectivity index (χ4v) is 3.40. The molecule has 2 aliphatic rings. The van der Waals surface area contributed by atoms with Gasteiger partial charge in [-0.2, -0.15) is 0 Å². The van der Waals surface area contributed by atoms with E-state index in [0.29, 0.717) is 30.4 Å². The Balaban J connectivity index is 0.00000200. The predicted octanol–water partition coefficient (Wildman–Crippen LogP) is 2.12. The third-order valence-electron chi connectivity index (χ3n) is 4.47. The number of carbonyl (C=O) groups excluding carboxylic acids is 1. The Morgan fingerprint density at radius 2 is 2.20 bits per heavy atom. The molecule has 1 aliphatic carbocycles. The molecule has 2 rings (SSSR count). The van der Waals surface area contributed by atoms with E-state index in [1.165, 1.54) is 12.8 Å². The Morgan fingerprint density at radius 3 is 2.80 bits per heavy atom. The molecular formula is C15H29ClN2O2. The minimum Gasteiger partial charge on any atom is -0.378 e. The van der Waals surface area contributed by atoms with Gasteiger partial charge in [-0.15, -0.1) is 12.4 Å². The first-order chi connectivity index (χ1) is 8.96. The Morgan fingerprint density at radius 1 is 1.45 bits per heavy atom. The minimum absolute atomic E-state index is 0. The van der Waals surface area contributed by atoms with Gasteiger partial charge in [0, 0.05) is 25.0 Å². The first-order valence-electron chi connectivity index (χ1n) is 7.57. The molecule has 0 spiro atoms. The molecule has 3 atom stereocenters. The van der Waals surface area contributed by atoms with E-state index in [2.05, 4.69) is 31.4 Å². The van der Waals surface area contributed by atoms with Gasteiger partial charge < -0.3 is 15.4 Å². The molecule has 0 radical (unpaired) electrons. The number of halogens is 1. The van der Waals surface area contributed by atoms with E-state index in [-0.39, 0.29) is 24.4 Å². The lowest BCUT2D eigenvalue weighted by molar-refractivity contribution is -0.123. The van der Waals surface area contributed by atoms with Gasteiger partial charge in [-0.1, -0.05) is 20.8 Å². The molecule has 0 aromatic carbocycles. The largest absolute Gasteiger partial charge is 0.378 e. The van der Waals surface area contributed by atoms with Gasteiger partial charge >= 0.3 is 0 Å². The number of rotatable bonds is 3. The molecule has 3 unspecified atom stereocenters. The highest BCUT2D eigenvalue weighted by Gasteiger charge is 2.33. The molecule has 0 aromatic rings. The minimum atomic E-state index is 0. The standard InChI is InChI=1S/C15H28N2O2.ClH/c1-11-9-15(2,3)5-4-13(11)17-14(18)8-12-10-19-7-6-16-12;/h11-13,16H,4-10H2,1-3H3,(H,17,18);1H. The van der Waals surface area contributed by atoms with Crippen molar-refractivity contribution in [1.82, 2.24) is 10.6 Å². The molecule has 2 N–H and O–H groups in total. The first-order valence-corrected chi connectivity index (χ1v) is 7.57. The van der Waals surface area contributed by atoms with Gasteiger partial charge in [0.2, 0.25) is 5.91 Å². The Hall–Kier alpha value is -0.320. The number of nitrogens with one attached hydrogen (secondary N) is 2. The van der Waals surface area contributed by atoms with E-state index in [1.54, 1.807) is 0 Å². The number of carbonyl (C=O) groups is 1. The van der Waals surface area contributed by atoms with Crippen molar-refractivity contribution in [3.8, 4) is 0 Å². The smallest absolute Gasteiger partial charge is 0.221 e. The lowest BCUT2D eigenvalue weighted by atomic mass is 9.70. The van der Waals surface area contributed by atoms with Crippen LogP contribution in [-0.4, -0.2) is 37.7 Å². The first kappa shape index (κ1) is 17.7. The van der Waals surface area contributed by atoms with Gasteiger partial charge in [-0.3, -0.25) is 4.79 Å². The zero-order chi connectivity index (χ0) is 13.9. The van der Waals surface area contributed by atoms with Crippen molar-refractivity contribution in [1.29, 1.82) is 0 Å². The molecule has 1 heterocycles. The number of hydrogen-bond acceptors (Lipinski definition) is 3. The maximum absolute atomic E-state index is 12.1. The van der Waals surface area contributed by atoms with Crippen LogP contribution < -0.4 is 10.6 Å². The molecule has 1 aliphatic heterocycles. The molecular weight excluding hydrogens is 276 g/mol. The maximum Gasteiger partial charge on any atom is 0.221 e. The van der Waals surface area contributed by atoms with Crippen molar-refractivity contribution in [3.05, 3.63) is 0 Å². The SMILES string of the molecule is CC1CC(C)(C)CCC1NC(=O)CC1COCCN1.Cl. The quantitative estimate of drug-likeness (QED) is 0.840. The van der Waals surface area contributed by atoms with Gasteiger partial charge in [-0.05, 0) is 30.6 Å². The summed E-state index contributed by atoms with van der Waals surface area (Å²) in [6.45, 7) is 9.17. The molecule has 1 amide bonds. The molecule has 5 heteroatoms. The monoisotopic (exact) mass is 304 g/mol. The summed E-state index contributed by atoms with van der Waals surface area (Å²) in [6, 6.07) is 0.536. The van der Waals surface area contributed by atoms with Crippen molar-refractivity contribution in [2.75, 3.05) is 19.8 Å². The van der Waals surface area contributed by atoms with Crippen molar-refractivity contribution < 1.29 is 9.53 Å². The molecule has 1 saturated carbocycles. The van der Waals surface area contributed by atoms with Crippen LogP contribution in [-0.2, 0) is 9.53 Å². The van der Waals surface area contributed by atoms with E-state index in [9.17, 15) is 4.79 Å². The molecule has 2 fully saturated rings. The van der Waals surface area contributed by atoms with Crippen LogP contribution in [0.4, 0.5) is 0 Å². The summed E-state index contributed by atoms with van der Waals surface area (Å²) in [5, 5.41) is 6.54. The van der Waals surface area contributed by atoms with Crippen molar-refractivity contribution in [2.24, 2.45) is 11.3 Å². The fraction of sp³-hybridized carbons (Fsp3) is 0.933. The van der Waals surface area contributed by atoms with Crippen LogP contribution >= 0.6 is 12.4 Å². The van der Waals surface area contributed by atoms with Gasteiger partial charge in [-0.25, -0.2) is 0 Å². The summed E-state index contributed by atoms with van der Waals surface area (Å²) in [7, 11) is 0. The van der Waals surface area contributed by atoms with Crippen LogP contribution in [0.25, 0.3) is 0 Å². The second kappa shape index (κ2) is 7.62. The van der Waals surface area contributed by atoms with E-state index in [4.69, 9.17) is 4.74 Å². The highest BCUT2D eigenvalue weighted by molar-refractivity contribution is 5.85. The molecule has 20 heavy (non-hydrogen) atoms. The molecule has 4 nitrogen and oxygen atoms in total. The second-order valence-electron chi connectivity index (χ2n) is 6.99. The highest BCUT2D eigenvalue weighted by Crippen LogP contribution is 2.38. The summed E-state index contributed by atoms with van der Waals surface area (Å²) in [5.74, 6) is 0.739. The van der Waals surface area contributed by atoms with Gasteiger partial charge in [0.15, 0.2) is 0 Å². The summed E-state index contributed by atoms with van der Waals surface area (Å²) >= 11 is 0. The molecule has 0 bridgehead atoms. The lowest BCUT2D eigenvalue weighted by Crippen LogP contribution is -2.48. The zero-order valence-corrected chi connectivity index (χ0v) is 13.7. The molecule has 0 aromatic heterocycles. The van der Waals surface area contributed by atoms with E-state index in [1.807, 2.05) is 0 Å².